The van der Waals surface area contributed by atoms with E-state index in [9.17, 15) is 0 Å². The van der Waals surface area contributed by atoms with Gasteiger partial charge in [0.15, 0.2) is 0 Å². The molecule has 1 fully saturated rings. The molecule has 1 aliphatic heterocycles. The van der Waals surface area contributed by atoms with E-state index in [0.717, 1.165) is 5.66 Å². The summed E-state index contributed by atoms with van der Waals surface area (Å²) in [5, 5.41) is 0.551. The minimum Gasteiger partial charge on any atom is 0 e. The van der Waals surface area contributed by atoms with Gasteiger partial charge in [-0.25, -0.2) is 0 Å². The molecule has 0 aliphatic carbocycles. The molecule has 0 N–H and O–H groups in total. The number of benzene rings is 1. The second-order valence-corrected chi connectivity index (χ2v) is 8.02. The van der Waals surface area contributed by atoms with Crippen molar-refractivity contribution in [3.8, 4) is 0 Å². The van der Waals surface area contributed by atoms with Gasteiger partial charge in [0.25, 0.3) is 0 Å². The van der Waals surface area contributed by atoms with E-state index in [0.29, 0.717) is 5.16 Å². The fraction of sp³-hybridized carbons (Fsp3) is 0.353. The van der Waals surface area contributed by atoms with E-state index in [2.05, 4.69) is 84.4 Å². The summed E-state index contributed by atoms with van der Waals surface area (Å²) in [6, 6.07) is 11.0. The molecular formula is C17H17MoO5P. The van der Waals surface area contributed by atoms with Gasteiger partial charge in [-0.15, -0.1) is 0 Å². The fourth-order valence-electron chi connectivity index (χ4n) is 1.84. The van der Waals surface area contributed by atoms with Crippen LogP contribution in [0.2, 0.25) is 0 Å². The van der Waals surface area contributed by atoms with Gasteiger partial charge >= 0.3 is 56.5 Å². The van der Waals surface area contributed by atoms with Gasteiger partial charge in [0.2, 0.25) is 0 Å². The Morgan fingerprint density at radius 1 is 0.792 bits per heavy atom. The summed E-state index contributed by atoms with van der Waals surface area (Å²) in [6.07, 6.45) is 1.45. The largest absolute Gasteiger partial charge is 0 e. The van der Waals surface area contributed by atoms with Crippen LogP contribution in [0.5, 0.6) is 0 Å². The number of hydrogen-bond donors (Lipinski definition) is 0. The Bertz CT molecular complexity index is 451. The average molecular weight is 428 g/mol. The molecule has 1 heterocycles. The predicted molar refractivity (Wildman–Crippen MR) is 80.4 cm³/mol. The first-order valence-electron chi connectivity index (χ1n) is 5.93. The Hall–Kier alpha value is -0.962. The van der Waals surface area contributed by atoms with Crippen LogP contribution in [-0.2, 0) is 44.3 Å². The molecule has 0 aromatic heterocycles. The fourth-order valence-corrected chi connectivity index (χ4v) is 4.59. The van der Waals surface area contributed by atoms with Crippen molar-refractivity contribution >= 4 is 7.92 Å². The predicted octanol–water partition coefficient (Wildman–Crippen LogP) is 3.83. The first-order valence-corrected chi connectivity index (χ1v) is 7.52. The van der Waals surface area contributed by atoms with E-state index >= 15 is 0 Å². The van der Waals surface area contributed by atoms with Crippen molar-refractivity contribution in [3.63, 3.8) is 0 Å². The van der Waals surface area contributed by atoms with Crippen LogP contribution in [0.3, 0.4) is 0 Å². The Kier molecular flexibility index (Phi) is 34.8. The summed E-state index contributed by atoms with van der Waals surface area (Å²) in [5.41, 5.74) is 2.46. The Morgan fingerprint density at radius 3 is 1.38 bits per heavy atom. The maximum Gasteiger partial charge on any atom is 0 e. The molecule has 7 heteroatoms. The molecule has 1 aromatic rings. The molecule has 0 spiro atoms. The first kappa shape index (κ1) is 34.4. The van der Waals surface area contributed by atoms with Crippen LogP contribution in [0.4, 0.5) is 0 Å². The van der Waals surface area contributed by atoms with Crippen LogP contribution in [-0.4, -0.2) is 11.3 Å². The SMILES string of the molecule is CC(C)(C)[P@@]1C[C@@H]1c1ccccc1.[C-]#[O+].[C-]#[O+].[C-]#[O+].[C-]#[O+].[C-]#[O+].[Mo]. The third-order valence-corrected chi connectivity index (χ3v) is 5.90. The molecule has 2 rings (SSSR count). The van der Waals surface area contributed by atoms with E-state index in [-0.39, 0.29) is 29.0 Å². The summed E-state index contributed by atoms with van der Waals surface area (Å²) in [6.45, 7) is 29.6. The molecular weight excluding hydrogens is 411 g/mol. The van der Waals surface area contributed by atoms with Crippen LogP contribution in [0.25, 0.3) is 0 Å². The summed E-state index contributed by atoms with van der Waals surface area (Å²) >= 11 is 0. The van der Waals surface area contributed by atoms with Crippen molar-refractivity contribution in [2.45, 2.75) is 31.6 Å². The van der Waals surface area contributed by atoms with Crippen LogP contribution in [0, 0.1) is 33.3 Å². The minimum absolute atomic E-state index is 0. The van der Waals surface area contributed by atoms with E-state index in [1.807, 2.05) is 0 Å². The van der Waals surface area contributed by atoms with Gasteiger partial charge < -0.3 is 0 Å². The Morgan fingerprint density at radius 2 is 1.12 bits per heavy atom. The summed E-state index contributed by atoms with van der Waals surface area (Å²) in [5.74, 6) is 0. The topological polar surface area (TPSA) is 99.5 Å². The van der Waals surface area contributed by atoms with Gasteiger partial charge in [-0.1, -0.05) is 59.0 Å². The second kappa shape index (κ2) is 24.3. The van der Waals surface area contributed by atoms with Gasteiger partial charge in [0, 0.05) is 26.7 Å². The molecule has 0 unspecified atom stereocenters. The molecule has 0 radical (unpaired) electrons. The van der Waals surface area contributed by atoms with Crippen molar-refractivity contribution in [1.82, 2.24) is 0 Å². The summed E-state index contributed by atoms with van der Waals surface area (Å²) in [4.78, 5) is 0. The summed E-state index contributed by atoms with van der Waals surface area (Å²) < 4.78 is 37.5. The zero-order valence-electron chi connectivity index (χ0n) is 13.6. The Balaban J connectivity index is -0.0000000950. The molecule has 1 saturated heterocycles. The normalized spacial score (nSPS) is 15.2. The minimum atomic E-state index is 0. The van der Waals surface area contributed by atoms with E-state index in [4.69, 9.17) is 23.3 Å². The van der Waals surface area contributed by atoms with Crippen LogP contribution < -0.4 is 0 Å². The molecule has 1 aromatic carbocycles. The van der Waals surface area contributed by atoms with Crippen LogP contribution in [0.15, 0.2) is 30.3 Å². The van der Waals surface area contributed by atoms with Crippen LogP contribution in [0.1, 0.15) is 32.0 Å². The molecule has 126 valence electrons. The van der Waals surface area contributed by atoms with Gasteiger partial charge in [-0.3, -0.25) is 0 Å². The monoisotopic (exact) mass is 430 g/mol. The van der Waals surface area contributed by atoms with Crippen LogP contribution >= 0.6 is 7.92 Å². The van der Waals surface area contributed by atoms with E-state index in [1.54, 1.807) is 5.56 Å². The van der Waals surface area contributed by atoms with Gasteiger partial charge in [-0.05, 0) is 16.9 Å². The quantitative estimate of drug-likeness (QED) is 0.281. The Labute approximate surface area is 159 Å². The van der Waals surface area contributed by atoms with E-state index in [1.165, 1.54) is 6.16 Å². The van der Waals surface area contributed by atoms with Crippen molar-refractivity contribution in [3.05, 3.63) is 69.1 Å². The van der Waals surface area contributed by atoms with Crippen molar-refractivity contribution in [1.29, 1.82) is 0 Å². The summed E-state index contributed by atoms with van der Waals surface area (Å²) in [7, 11) is 0.269. The maximum atomic E-state index is 7.50. The van der Waals surface area contributed by atoms with Crippen molar-refractivity contribution < 1.29 is 44.3 Å². The molecule has 1 aliphatic rings. The molecule has 0 bridgehead atoms. The maximum absolute atomic E-state index is 7.50. The van der Waals surface area contributed by atoms with Crippen molar-refractivity contribution in [2.75, 3.05) is 6.16 Å². The molecule has 5 nitrogen and oxygen atoms in total. The van der Waals surface area contributed by atoms with E-state index < -0.39 is 0 Å². The smallest absolute Gasteiger partial charge is 0 e. The average Bonchev–Trinajstić information content (AvgIpc) is 3.46. The molecule has 2 atom stereocenters. The number of hydrogen-bond acceptors (Lipinski definition) is 0. The molecule has 24 heavy (non-hydrogen) atoms. The second-order valence-electron chi connectivity index (χ2n) is 4.75. The molecule has 0 amide bonds. The third kappa shape index (κ3) is 15.9. The first-order chi connectivity index (χ1) is 11.1. The third-order valence-electron chi connectivity index (χ3n) is 2.66. The zero-order valence-corrected chi connectivity index (χ0v) is 16.5. The van der Waals surface area contributed by atoms with Gasteiger partial charge in [0.1, 0.15) is 0 Å². The number of rotatable bonds is 1. The zero-order chi connectivity index (χ0) is 19.5. The van der Waals surface area contributed by atoms with Crippen molar-refractivity contribution in [2.24, 2.45) is 0 Å². The standard InChI is InChI=1S/C12H17P.5CO.Mo/c1-12(2,3)13-9-11(13)10-7-5-4-6-8-10;5*1-2;/h4-8,11H,9H2,1-3H3;;;;;;/t11-,13+;;;;;;/m1....../s1. The van der Waals surface area contributed by atoms with Gasteiger partial charge in [0.05, 0.1) is 0 Å². The molecule has 0 saturated carbocycles. The van der Waals surface area contributed by atoms with Gasteiger partial charge in [-0.2, -0.15) is 0 Å².